The van der Waals surface area contributed by atoms with Crippen LogP contribution in [0.15, 0.2) is 58.3 Å². The number of hydrogen-bond donors (Lipinski definition) is 0. The monoisotopic (exact) mass is 364 g/mol. The molecule has 2 aromatic rings. The molecule has 21 heavy (non-hydrogen) atoms. The summed E-state index contributed by atoms with van der Waals surface area (Å²) in [5, 5.41) is 0.469. The van der Waals surface area contributed by atoms with Crippen LogP contribution in [-0.4, -0.2) is 17.1 Å². The van der Waals surface area contributed by atoms with Gasteiger partial charge in [-0.25, -0.2) is 0 Å². The zero-order valence-electron chi connectivity index (χ0n) is 12.1. The predicted molar refractivity (Wildman–Crippen MR) is 83.9 cm³/mol. The largest absolute Gasteiger partial charge is 1.00 e. The molecule has 0 amide bonds. The summed E-state index contributed by atoms with van der Waals surface area (Å²) < 4.78 is 24.0. The van der Waals surface area contributed by atoms with Crippen molar-refractivity contribution in [2.75, 3.05) is 12.5 Å². The third kappa shape index (κ3) is 4.95. The summed E-state index contributed by atoms with van der Waals surface area (Å²) in [6.07, 6.45) is 3.47. The van der Waals surface area contributed by atoms with Crippen LogP contribution in [-0.2, 0) is 15.7 Å². The predicted octanol–water partition coefficient (Wildman–Crippen LogP) is -1.26. The normalized spacial score (nSPS) is 14.9. The van der Waals surface area contributed by atoms with Crippen LogP contribution in [0.2, 0.25) is 0 Å². The molecule has 0 aromatic heterocycles. The van der Waals surface area contributed by atoms with Gasteiger partial charge < -0.3 is 14.0 Å². The average molecular weight is 364 g/mol. The summed E-state index contributed by atoms with van der Waals surface area (Å²) in [7, 11) is -3.89. The molecule has 2 atom stereocenters. The zero-order valence-corrected chi connectivity index (χ0v) is 17.8. The van der Waals surface area contributed by atoms with Gasteiger partial charge >= 0.3 is 51.4 Å². The van der Waals surface area contributed by atoms with E-state index < -0.39 is 18.5 Å². The molecular formula is C14H14KO3PS2. The van der Waals surface area contributed by atoms with E-state index in [0.29, 0.717) is 4.90 Å². The first-order chi connectivity index (χ1) is 9.45. The maximum Gasteiger partial charge on any atom is 1.00 e. The van der Waals surface area contributed by atoms with Gasteiger partial charge in [0.15, 0.2) is 4.90 Å². The standard InChI is InChI=1S/C14H15O3PS2.K/c1-19-13-8-6-11(7-9-13)18(15,16)12-4-3-5-14(10-12)20(2)17;/h3-10H,1-2H3,(H,15,16);/q;+1/p-1. The van der Waals surface area contributed by atoms with Crippen molar-refractivity contribution in [1.29, 1.82) is 0 Å². The SMILES string of the molecule is CSc1ccc(P(=O)([O-])c2cccc([S+](C)[O-])c2)cc1.[K+]. The molecule has 7 heteroatoms. The second kappa shape index (κ2) is 8.69. The van der Waals surface area contributed by atoms with E-state index in [1.165, 1.54) is 18.4 Å². The van der Waals surface area contributed by atoms with E-state index >= 15 is 0 Å². The molecule has 0 aliphatic carbocycles. The number of hydrogen-bond acceptors (Lipinski definition) is 4. The maximum atomic E-state index is 12.5. The van der Waals surface area contributed by atoms with Crippen molar-refractivity contribution in [1.82, 2.24) is 0 Å². The molecule has 2 aromatic carbocycles. The molecule has 2 unspecified atom stereocenters. The minimum atomic E-state index is -3.89. The molecule has 3 nitrogen and oxygen atoms in total. The number of rotatable bonds is 4. The van der Waals surface area contributed by atoms with Gasteiger partial charge in [-0.15, -0.1) is 11.8 Å². The van der Waals surface area contributed by atoms with Gasteiger partial charge in [0.25, 0.3) is 0 Å². The molecule has 0 spiro atoms. The van der Waals surface area contributed by atoms with Gasteiger partial charge in [0.1, 0.15) is 6.26 Å². The molecule has 2 rings (SSSR count). The van der Waals surface area contributed by atoms with Crippen LogP contribution in [0.1, 0.15) is 0 Å². The van der Waals surface area contributed by atoms with E-state index in [1.807, 2.05) is 6.26 Å². The molecule has 0 N–H and O–H groups in total. The summed E-state index contributed by atoms with van der Waals surface area (Å²) in [6, 6.07) is 13.1. The van der Waals surface area contributed by atoms with Gasteiger partial charge in [0.2, 0.25) is 0 Å². The maximum absolute atomic E-state index is 12.5. The number of benzene rings is 2. The van der Waals surface area contributed by atoms with Gasteiger partial charge in [-0.2, -0.15) is 0 Å². The first-order valence-electron chi connectivity index (χ1n) is 5.85. The fourth-order valence-corrected chi connectivity index (χ4v) is 4.26. The van der Waals surface area contributed by atoms with E-state index in [9.17, 15) is 14.0 Å². The Balaban J connectivity index is 0.00000220. The minimum Gasteiger partial charge on any atom is -0.793 e. The van der Waals surface area contributed by atoms with E-state index in [-0.39, 0.29) is 62.0 Å². The molecule has 0 fully saturated rings. The Hall–Kier alpha value is 0.926. The van der Waals surface area contributed by atoms with Crippen molar-refractivity contribution in [2.24, 2.45) is 0 Å². The zero-order chi connectivity index (χ0) is 14.8. The smallest absolute Gasteiger partial charge is 0.793 e. The Morgan fingerprint density at radius 1 is 1.10 bits per heavy atom. The Morgan fingerprint density at radius 3 is 2.24 bits per heavy atom. The Bertz CT molecular complexity index is 647. The van der Waals surface area contributed by atoms with Crippen molar-refractivity contribution in [2.45, 2.75) is 9.79 Å². The summed E-state index contributed by atoms with van der Waals surface area (Å²) in [5.41, 5.74) is 0. The van der Waals surface area contributed by atoms with Crippen LogP contribution < -0.4 is 66.9 Å². The van der Waals surface area contributed by atoms with E-state index in [0.717, 1.165) is 4.90 Å². The van der Waals surface area contributed by atoms with Crippen LogP contribution in [0.5, 0.6) is 0 Å². The summed E-state index contributed by atoms with van der Waals surface area (Å²) >= 11 is 0.359. The molecular weight excluding hydrogens is 350 g/mol. The van der Waals surface area contributed by atoms with Gasteiger partial charge in [-0.1, -0.05) is 24.3 Å². The van der Waals surface area contributed by atoms with Gasteiger partial charge in [0, 0.05) is 21.6 Å². The first kappa shape index (κ1) is 20.0. The fraction of sp³-hybridized carbons (Fsp3) is 0.143. The molecule has 0 heterocycles. The molecule has 0 saturated carbocycles. The molecule has 0 aliphatic rings. The van der Waals surface area contributed by atoms with Gasteiger partial charge in [0.05, 0.1) is 7.37 Å². The second-order valence-corrected chi connectivity index (χ2v) is 8.60. The minimum absolute atomic E-state index is 0. The van der Waals surface area contributed by atoms with Crippen LogP contribution in [0.3, 0.4) is 0 Å². The quantitative estimate of drug-likeness (QED) is 0.294. The van der Waals surface area contributed by atoms with Gasteiger partial charge in [-0.3, -0.25) is 0 Å². The van der Waals surface area contributed by atoms with Crippen molar-refractivity contribution in [3.8, 4) is 0 Å². The van der Waals surface area contributed by atoms with E-state index in [1.54, 1.807) is 48.2 Å². The summed E-state index contributed by atoms with van der Waals surface area (Å²) in [5.74, 6) is 0. The molecule has 0 bridgehead atoms. The topological polar surface area (TPSA) is 63.2 Å². The Labute approximate surface area is 175 Å². The van der Waals surface area contributed by atoms with E-state index in [2.05, 4.69) is 0 Å². The van der Waals surface area contributed by atoms with Crippen molar-refractivity contribution >= 4 is 40.9 Å². The van der Waals surface area contributed by atoms with Crippen LogP contribution >= 0.6 is 19.1 Å². The van der Waals surface area contributed by atoms with E-state index in [4.69, 9.17) is 0 Å². The van der Waals surface area contributed by atoms with Crippen molar-refractivity contribution in [3.05, 3.63) is 48.5 Å². The van der Waals surface area contributed by atoms with Crippen LogP contribution in [0.4, 0.5) is 0 Å². The summed E-state index contributed by atoms with van der Waals surface area (Å²) in [6.45, 7) is 0. The fourth-order valence-electron chi connectivity index (χ4n) is 1.77. The Kier molecular flexibility index (Phi) is 8.26. The Morgan fingerprint density at radius 2 is 1.71 bits per heavy atom. The third-order valence-electron chi connectivity index (χ3n) is 2.90. The second-order valence-electron chi connectivity index (χ2n) is 4.20. The first-order valence-corrected chi connectivity index (χ1v) is 10.3. The molecule has 0 aliphatic heterocycles. The van der Waals surface area contributed by atoms with Crippen LogP contribution in [0, 0.1) is 0 Å². The average Bonchev–Trinajstić information content (AvgIpc) is 2.47. The van der Waals surface area contributed by atoms with Crippen molar-refractivity contribution < 1.29 is 65.4 Å². The summed E-state index contributed by atoms with van der Waals surface area (Å²) in [4.78, 5) is 14.1. The van der Waals surface area contributed by atoms with Crippen molar-refractivity contribution in [3.63, 3.8) is 0 Å². The molecule has 106 valence electrons. The van der Waals surface area contributed by atoms with Gasteiger partial charge in [-0.05, 0) is 35.6 Å². The molecule has 0 radical (unpaired) electrons. The van der Waals surface area contributed by atoms with Crippen LogP contribution in [0.25, 0.3) is 0 Å². The molecule has 0 saturated heterocycles. The third-order valence-corrected chi connectivity index (χ3v) is 6.50. The number of thioether (sulfide) groups is 1.